The highest BCUT2D eigenvalue weighted by Gasteiger charge is 2.36. The molecular formula is C30H22BBrF10N6O4S2. The minimum absolute atomic E-state index is 0.0763. The highest BCUT2D eigenvalue weighted by molar-refractivity contribution is 9.11. The topological polar surface area (TPSA) is 120 Å². The molecular weight excluding hydrogens is 853 g/mol. The Balaban J connectivity index is 0.000000193. The Morgan fingerprint density at radius 1 is 0.704 bits per heavy atom. The molecule has 0 spiro atoms. The lowest BCUT2D eigenvalue weighted by Gasteiger charge is -2.04. The Morgan fingerprint density at radius 3 is 1.54 bits per heavy atom. The molecule has 0 aliphatic carbocycles. The number of hydrogen-bond acceptors (Lipinski definition) is 10. The van der Waals surface area contributed by atoms with E-state index in [2.05, 4.69) is 36.1 Å². The van der Waals surface area contributed by atoms with Crippen LogP contribution in [0.3, 0.4) is 0 Å². The number of aryl methyl sites for hydroxylation is 2. The molecule has 0 radical (unpaired) electrons. The van der Waals surface area contributed by atoms with Crippen molar-refractivity contribution in [3.8, 4) is 21.0 Å². The Labute approximate surface area is 314 Å². The van der Waals surface area contributed by atoms with Gasteiger partial charge in [0.1, 0.15) is 36.5 Å². The van der Waals surface area contributed by atoms with Gasteiger partial charge in [0, 0.05) is 14.1 Å². The Bertz CT molecular complexity index is 2130. The van der Waals surface area contributed by atoms with E-state index in [9.17, 15) is 43.9 Å². The van der Waals surface area contributed by atoms with Gasteiger partial charge in [-0.1, -0.05) is 34.8 Å². The molecule has 54 heavy (non-hydrogen) atoms. The van der Waals surface area contributed by atoms with Crippen LogP contribution < -0.4 is 15.1 Å². The van der Waals surface area contributed by atoms with Crippen LogP contribution in [0.5, 0.6) is 10.4 Å². The van der Waals surface area contributed by atoms with E-state index in [1.54, 1.807) is 6.20 Å². The zero-order valence-corrected chi connectivity index (χ0v) is 30.4. The molecule has 24 heteroatoms. The number of ether oxygens (including phenoxy) is 2. The molecule has 2 aromatic carbocycles. The predicted octanol–water partition coefficient (Wildman–Crippen LogP) is 7.30. The number of aromatic nitrogens is 6. The summed E-state index contributed by atoms with van der Waals surface area (Å²) in [4.78, 5) is 8.19. The SMILES string of the molecule is Cn1nc(C(F)(F)F)cc1-c1cnc(OCc2c(F)cccc2F)s1.Cn1nc(C(F)(F)F)cc1B(O)O.Fc1cccc(F)c1COc1ncc(Br)s1. The van der Waals surface area contributed by atoms with E-state index in [1.807, 2.05) is 0 Å². The van der Waals surface area contributed by atoms with Gasteiger partial charge in [0.05, 0.1) is 43.5 Å². The number of halogens is 11. The molecule has 0 unspecified atom stereocenters. The summed E-state index contributed by atoms with van der Waals surface area (Å²) in [6.07, 6.45) is -6.24. The zero-order valence-electron chi connectivity index (χ0n) is 27.1. The second kappa shape index (κ2) is 17.7. The Morgan fingerprint density at radius 2 is 1.15 bits per heavy atom. The standard InChI is InChI=1S/C15H10F5N3OS.C10H6BrF2NOS.C5H6BF3N2O2/c1-23-11(5-13(22-23)15(18,19)20)12-6-21-14(25-12)24-7-8-9(16)3-2-4-10(8)17;11-9-4-14-10(16-9)15-5-6-7(12)2-1-3-8(6)13;1-11-4(6(12)13)2-3(10-11)5(7,8)9/h2-6H,7H2,1H3;1-4H,5H2;2,12-13H,1H3. The number of nitrogens with zero attached hydrogens (tertiary/aromatic N) is 6. The lowest BCUT2D eigenvalue weighted by molar-refractivity contribution is -0.142. The summed E-state index contributed by atoms with van der Waals surface area (Å²) in [6.45, 7) is -0.552. The van der Waals surface area contributed by atoms with E-state index >= 15 is 0 Å². The third kappa shape index (κ3) is 11.3. The fraction of sp³-hybridized carbons (Fsp3) is 0.200. The van der Waals surface area contributed by atoms with Crippen LogP contribution in [0, 0.1) is 23.3 Å². The van der Waals surface area contributed by atoms with Gasteiger partial charge >= 0.3 is 19.5 Å². The third-order valence-corrected chi connectivity index (χ3v) is 8.96. The minimum Gasteiger partial charge on any atom is -0.465 e. The van der Waals surface area contributed by atoms with Crippen LogP contribution in [0.2, 0.25) is 0 Å². The third-order valence-electron chi connectivity index (χ3n) is 6.64. The summed E-state index contributed by atoms with van der Waals surface area (Å²) in [5, 5.41) is 24.2. The van der Waals surface area contributed by atoms with E-state index in [4.69, 9.17) is 19.5 Å². The number of alkyl halides is 6. The molecule has 0 atom stereocenters. The molecule has 10 nitrogen and oxygen atoms in total. The summed E-state index contributed by atoms with van der Waals surface area (Å²) >= 11 is 5.42. The average Bonchev–Trinajstić information content (AvgIpc) is 3.88. The predicted molar refractivity (Wildman–Crippen MR) is 179 cm³/mol. The maximum atomic E-state index is 13.5. The van der Waals surface area contributed by atoms with Gasteiger partial charge in [0.2, 0.25) is 0 Å². The van der Waals surface area contributed by atoms with Crippen molar-refractivity contribution in [1.29, 1.82) is 0 Å². The second-order valence-corrected chi connectivity index (χ2v) is 13.7. The van der Waals surface area contributed by atoms with Crippen molar-refractivity contribution in [3.63, 3.8) is 0 Å². The average molecular weight is 875 g/mol. The summed E-state index contributed by atoms with van der Waals surface area (Å²) in [6, 6.07) is 8.62. The number of rotatable bonds is 8. The van der Waals surface area contributed by atoms with E-state index in [-0.39, 0.29) is 40.8 Å². The van der Waals surface area contributed by atoms with Crippen LogP contribution in [-0.4, -0.2) is 46.7 Å². The number of thiazole rings is 2. The fourth-order valence-corrected chi connectivity index (χ4v) is 5.88. The largest absolute Gasteiger partial charge is 0.507 e. The van der Waals surface area contributed by atoms with Crippen LogP contribution in [0.4, 0.5) is 43.9 Å². The van der Waals surface area contributed by atoms with Crippen LogP contribution in [0.15, 0.2) is 64.7 Å². The van der Waals surface area contributed by atoms with Gasteiger partial charge in [-0.05, 0) is 52.3 Å². The van der Waals surface area contributed by atoms with E-state index in [0.29, 0.717) is 16.1 Å². The van der Waals surface area contributed by atoms with Crippen LogP contribution >= 0.6 is 38.6 Å². The molecule has 288 valence electrons. The first-order chi connectivity index (χ1) is 25.2. The molecule has 0 saturated heterocycles. The molecule has 4 aromatic heterocycles. The monoisotopic (exact) mass is 874 g/mol. The molecule has 4 heterocycles. The summed E-state index contributed by atoms with van der Waals surface area (Å²) in [5.41, 5.74) is -2.59. The van der Waals surface area contributed by atoms with Crippen molar-refractivity contribution in [2.24, 2.45) is 14.1 Å². The van der Waals surface area contributed by atoms with E-state index in [0.717, 1.165) is 42.7 Å². The lowest BCUT2D eigenvalue weighted by atomic mass is 9.86. The maximum Gasteiger partial charge on any atom is 0.507 e. The molecule has 6 aromatic rings. The van der Waals surface area contributed by atoms with Crippen molar-refractivity contribution in [2.45, 2.75) is 25.6 Å². The molecule has 0 bridgehead atoms. The Kier molecular flexibility index (Phi) is 13.9. The first kappa shape index (κ1) is 42.2. The number of hydrogen-bond donors (Lipinski definition) is 2. The normalized spacial score (nSPS) is 11.4. The van der Waals surface area contributed by atoms with Gasteiger partial charge in [-0.2, -0.15) is 36.5 Å². The fourth-order valence-electron chi connectivity index (χ4n) is 4.06. The van der Waals surface area contributed by atoms with Crippen molar-refractivity contribution in [1.82, 2.24) is 29.5 Å². The quantitative estimate of drug-likeness (QED) is 0.121. The van der Waals surface area contributed by atoms with Gasteiger partial charge in [-0.3, -0.25) is 9.36 Å². The zero-order chi connectivity index (χ0) is 40.0. The smallest absolute Gasteiger partial charge is 0.465 e. The van der Waals surface area contributed by atoms with Crippen molar-refractivity contribution >= 4 is 51.3 Å². The van der Waals surface area contributed by atoms with Crippen LogP contribution in [0.1, 0.15) is 22.5 Å². The molecule has 6 rings (SSSR count). The van der Waals surface area contributed by atoms with Gasteiger partial charge in [0.15, 0.2) is 11.4 Å². The second-order valence-electron chi connectivity index (χ2n) is 10.4. The van der Waals surface area contributed by atoms with Gasteiger partial charge in [-0.25, -0.2) is 27.5 Å². The molecule has 0 amide bonds. The van der Waals surface area contributed by atoms with Crippen LogP contribution in [0.25, 0.3) is 10.6 Å². The van der Waals surface area contributed by atoms with Gasteiger partial charge in [0.25, 0.3) is 10.4 Å². The van der Waals surface area contributed by atoms with E-state index in [1.165, 1.54) is 55.9 Å². The lowest BCUT2D eigenvalue weighted by Crippen LogP contribution is -2.35. The van der Waals surface area contributed by atoms with Gasteiger partial charge in [-0.15, -0.1) is 0 Å². The molecule has 0 saturated carbocycles. The molecule has 0 aliphatic heterocycles. The first-order valence-electron chi connectivity index (χ1n) is 14.5. The van der Waals surface area contributed by atoms with E-state index < -0.39 is 54.1 Å². The molecule has 0 aliphatic rings. The maximum absolute atomic E-state index is 13.5. The first-order valence-corrected chi connectivity index (χ1v) is 16.9. The highest BCUT2D eigenvalue weighted by atomic mass is 79.9. The van der Waals surface area contributed by atoms with Crippen molar-refractivity contribution in [2.75, 3.05) is 0 Å². The summed E-state index contributed by atoms with van der Waals surface area (Å²) < 4.78 is 141. The summed E-state index contributed by atoms with van der Waals surface area (Å²) in [5.74, 6) is -2.73. The van der Waals surface area contributed by atoms with Crippen LogP contribution in [-0.2, 0) is 39.7 Å². The highest BCUT2D eigenvalue weighted by Crippen LogP contribution is 2.35. The Hall–Kier alpha value is -4.52. The van der Waals surface area contributed by atoms with Crippen molar-refractivity contribution in [3.05, 3.63) is 110 Å². The minimum atomic E-state index is -4.56. The number of benzene rings is 2. The van der Waals surface area contributed by atoms with Crippen molar-refractivity contribution < 1.29 is 63.4 Å². The molecule has 0 fully saturated rings. The summed E-state index contributed by atoms with van der Waals surface area (Å²) in [7, 11) is 0.623. The molecule has 2 N–H and O–H groups in total. The van der Waals surface area contributed by atoms with Gasteiger partial charge < -0.3 is 19.5 Å².